The van der Waals surface area contributed by atoms with Gasteiger partial charge in [0.05, 0.1) is 0 Å². The van der Waals surface area contributed by atoms with Crippen LogP contribution in [0.1, 0.15) is 0 Å². The lowest BCUT2D eigenvalue weighted by atomic mass is 11.6. The minimum atomic E-state index is 0. The van der Waals surface area contributed by atoms with Crippen molar-refractivity contribution in [3.63, 3.8) is 0 Å². The maximum atomic E-state index is 4.50. The lowest BCUT2D eigenvalue weighted by Gasteiger charge is -1.19. The van der Waals surface area contributed by atoms with Crippen molar-refractivity contribution < 1.29 is 11.0 Å². The smallest absolute Gasteiger partial charge is 0.0195 e. The van der Waals surface area contributed by atoms with Crippen LogP contribution in [0.15, 0.2) is 0 Å². The molecule has 0 aliphatic rings. The van der Waals surface area contributed by atoms with Crippen molar-refractivity contribution in [2.45, 2.75) is 0 Å². The largest absolute Gasteiger partial charge is 0.412 e. The molecule has 3 heteroatoms. The second-order valence-corrected chi connectivity index (χ2v) is 0. The third-order valence-electron chi connectivity index (χ3n) is 0. The first-order valence-corrected chi connectivity index (χ1v) is 0.577. The van der Waals surface area contributed by atoms with Crippen LogP contribution in [0.25, 0.3) is 0 Å². The molecule has 0 aromatic heterocycles. The monoisotopic (exact) mass is 67.1 g/mol. The minimum absolute atomic E-state index is 0. The first-order chi connectivity index (χ1) is 1.00. The first-order valence-electron chi connectivity index (χ1n) is 0.577. The van der Waals surface area contributed by atoms with E-state index in [9.17, 15) is 0 Å². The fourth-order valence-corrected chi connectivity index (χ4v) is 0. The summed E-state index contributed by atoms with van der Waals surface area (Å²) >= 11 is 0. The van der Waals surface area contributed by atoms with Crippen LogP contribution >= 0.6 is 0 Å². The molecule has 0 unspecified atom stereocenters. The average molecular weight is 67.1 g/mol. The summed E-state index contributed by atoms with van der Waals surface area (Å²) in [6.45, 7) is 0. The number of nitrogens with two attached hydrogens (primary N) is 1. The quantitative estimate of drug-likeness (QED) is 0.346. The van der Waals surface area contributed by atoms with E-state index in [0.29, 0.717) is 0 Å². The fraction of sp³-hybridized carbons (Fsp3) is 1.00. The summed E-state index contributed by atoms with van der Waals surface area (Å²) in [5, 5.41) is 0. The third kappa shape index (κ3) is 101. The van der Waals surface area contributed by atoms with Crippen LogP contribution in [0.3, 0.4) is 0 Å². The standard InChI is InChI=1S/CH5N.2H2O/c1-2;;/h2H2,1H3;2*1H2. The van der Waals surface area contributed by atoms with Crippen molar-refractivity contribution in [1.82, 2.24) is 0 Å². The van der Waals surface area contributed by atoms with Gasteiger partial charge in [0.2, 0.25) is 0 Å². The van der Waals surface area contributed by atoms with Crippen LogP contribution in [0.5, 0.6) is 0 Å². The minimum Gasteiger partial charge on any atom is -0.412 e. The zero-order valence-electron chi connectivity index (χ0n) is 2.58. The third-order valence-corrected chi connectivity index (χ3v) is 0. The zero-order chi connectivity index (χ0) is 2.00. The van der Waals surface area contributed by atoms with E-state index in [1.807, 2.05) is 0 Å². The van der Waals surface area contributed by atoms with Crippen LogP contribution in [0.2, 0.25) is 0 Å². The summed E-state index contributed by atoms with van der Waals surface area (Å²) < 4.78 is 0. The molecule has 0 atom stereocenters. The molecule has 0 saturated carbocycles. The summed E-state index contributed by atoms with van der Waals surface area (Å²) in [4.78, 5) is 0. The molecule has 0 aromatic carbocycles. The second kappa shape index (κ2) is 707. The molecular weight excluding hydrogens is 58.0 g/mol. The van der Waals surface area contributed by atoms with Crippen LogP contribution in [0.4, 0.5) is 0 Å². The molecule has 30 valence electrons. The Morgan fingerprint density at radius 1 is 1.00 bits per heavy atom. The van der Waals surface area contributed by atoms with Crippen molar-refractivity contribution in [2.75, 3.05) is 7.05 Å². The van der Waals surface area contributed by atoms with E-state index >= 15 is 0 Å². The van der Waals surface area contributed by atoms with E-state index in [4.69, 9.17) is 0 Å². The highest BCUT2D eigenvalue weighted by atomic mass is 16.0. The molecule has 0 amide bonds. The molecule has 0 bridgehead atoms. The van der Waals surface area contributed by atoms with Gasteiger partial charge in [-0.1, -0.05) is 0 Å². The van der Waals surface area contributed by atoms with Gasteiger partial charge in [-0.3, -0.25) is 0 Å². The summed E-state index contributed by atoms with van der Waals surface area (Å²) in [6, 6.07) is 0. The molecule has 4 heavy (non-hydrogen) atoms. The maximum Gasteiger partial charge on any atom is -0.0195 e. The molecule has 3 nitrogen and oxygen atoms in total. The van der Waals surface area contributed by atoms with Gasteiger partial charge in [0.15, 0.2) is 0 Å². The molecule has 6 N–H and O–H groups in total. The summed E-state index contributed by atoms with van der Waals surface area (Å²) in [6.07, 6.45) is 0. The van der Waals surface area contributed by atoms with Crippen LogP contribution in [-0.4, -0.2) is 18.0 Å². The second-order valence-electron chi connectivity index (χ2n) is 0. The molecule has 0 fully saturated rings. The molecule has 0 aliphatic heterocycles. The van der Waals surface area contributed by atoms with Crippen LogP contribution in [0, 0.1) is 0 Å². The van der Waals surface area contributed by atoms with Gasteiger partial charge in [-0.25, -0.2) is 0 Å². The van der Waals surface area contributed by atoms with E-state index in [1.54, 1.807) is 0 Å². The van der Waals surface area contributed by atoms with E-state index in [1.165, 1.54) is 7.05 Å². The van der Waals surface area contributed by atoms with Crippen molar-refractivity contribution >= 4 is 0 Å². The number of hydrogen-bond donors (Lipinski definition) is 1. The van der Waals surface area contributed by atoms with Gasteiger partial charge < -0.3 is 16.7 Å². The molecule has 0 aromatic rings. The van der Waals surface area contributed by atoms with Gasteiger partial charge in [-0.05, 0) is 7.05 Å². The van der Waals surface area contributed by atoms with Crippen molar-refractivity contribution in [1.29, 1.82) is 0 Å². The predicted octanol–water partition coefficient (Wildman–Crippen LogP) is -2.07. The molecule has 0 radical (unpaired) electrons. The number of hydrogen-bond acceptors (Lipinski definition) is 1. The van der Waals surface area contributed by atoms with Gasteiger partial charge in [0.1, 0.15) is 0 Å². The fourth-order valence-electron chi connectivity index (χ4n) is 0. The van der Waals surface area contributed by atoms with E-state index in [0.717, 1.165) is 0 Å². The van der Waals surface area contributed by atoms with E-state index in [2.05, 4.69) is 5.73 Å². The normalized spacial score (nSPS) is 1.50. The Labute approximate surface area is 25.0 Å². The van der Waals surface area contributed by atoms with Gasteiger partial charge in [0, 0.05) is 0 Å². The average Bonchev–Trinajstić information content (AvgIpc) is 1.00. The molecular formula is CH9NO2. The van der Waals surface area contributed by atoms with Crippen molar-refractivity contribution in [3.8, 4) is 0 Å². The Morgan fingerprint density at radius 3 is 1.00 bits per heavy atom. The lowest BCUT2D eigenvalue weighted by Crippen LogP contribution is -1.69. The summed E-state index contributed by atoms with van der Waals surface area (Å²) in [5.74, 6) is 0. The topological polar surface area (TPSA) is 89.0 Å². The summed E-state index contributed by atoms with van der Waals surface area (Å²) in [7, 11) is 1.50. The van der Waals surface area contributed by atoms with Crippen molar-refractivity contribution in [2.24, 2.45) is 5.73 Å². The van der Waals surface area contributed by atoms with Crippen LogP contribution < -0.4 is 5.73 Å². The van der Waals surface area contributed by atoms with Gasteiger partial charge in [-0.2, -0.15) is 0 Å². The Kier molecular flexibility index (Phi) is 7340. The SMILES string of the molecule is CN.O.O. The molecule has 0 rings (SSSR count). The van der Waals surface area contributed by atoms with Crippen LogP contribution in [-0.2, 0) is 0 Å². The number of rotatable bonds is 0. The highest BCUT2D eigenvalue weighted by Crippen LogP contribution is 0.469. The molecule has 0 heterocycles. The Balaban J connectivity index is -0.00000000500. The molecule has 0 spiro atoms. The van der Waals surface area contributed by atoms with Gasteiger partial charge in [0.25, 0.3) is 0 Å². The Bertz CT molecular complexity index is 6.00. The highest BCUT2D eigenvalue weighted by Gasteiger charge is 0.836. The van der Waals surface area contributed by atoms with Crippen molar-refractivity contribution in [3.05, 3.63) is 0 Å². The predicted molar refractivity (Wildman–Crippen MR) is 17.3 cm³/mol. The van der Waals surface area contributed by atoms with E-state index in [-0.39, 0.29) is 11.0 Å². The van der Waals surface area contributed by atoms with Gasteiger partial charge >= 0.3 is 0 Å². The van der Waals surface area contributed by atoms with E-state index < -0.39 is 0 Å². The summed E-state index contributed by atoms with van der Waals surface area (Å²) in [5.41, 5.74) is 4.50. The maximum absolute atomic E-state index is 4.50. The van der Waals surface area contributed by atoms with Gasteiger partial charge in [-0.15, -0.1) is 0 Å². The Hall–Kier alpha value is -0.120. The lowest BCUT2D eigenvalue weighted by molar-refractivity contribution is 0.823. The highest BCUT2D eigenvalue weighted by molar-refractivity contribution is 3.54. The first kappa shape index (κ1) is 41.6. The Morgan fingerprint density at radius 2 is 1.00 bits per heavy atom. The zero-order valence-corrected chi connectivity index (χ0v) is 2.58. The molecule has 0 aliphatic carbocycles. The molecule has 0 saturated heterocycles.